The molecular weight excluding hydrogens is 238 g/mol. The number of nitrogens with one attached hydrogen (secondary N) is 1. The maximum absolute atomic E-state index is 9.33. The fraction of sp³-hybridized carbons (Fsp3) is 0.429. The molecule has 1 fully saturated rings. The Morgan fingerprint density at radius 1 is 1.53 bits per heavy atom. The van der Waals surface area contributed by atoms with Crippen molar-refractivity contribution in [2.45, 2.75) is 18.9 Å². The number of fused-ring (bicyclic) bond motifs is 1. The molecule has 5 nitrogen and oxygen atoms in total. The molecule has 0 aliphatic carbocycles. The van der Waals surface area contributed by atoms with Crippen molar-refractivity contribution in [3.63, 3.8) is 0 Å². The number of imidazole rings is 1. The number of nitriles is 1. The van der Waals surface area contributed by atoms with Gasteiger partial charge in [-0.1, -0.05) is 0 Å². The van der Waals surface area contributed by atoms with Crippen molar-refractivity contribution >= 4 is 11.2 Å². The van der Waals surface area contributed by atoms with Crippen molar-refractivity contribution in [3.8, 4) is 6.07 Å². The van der Waals surface area contributed by atoms with Crippen LogP contribution in [0.1, 0.15) is 30.4 Å². The third-order valence-electron chi connectivity index (χ3n) is 3.63. The number of hydrogen-bond donors (Lipinski definition) is 1. The second kappa shape index (κ2) is 4.56. The molecule has 19 heavy (non-hydrogen) atoms. The summed E-state index contributed by atoms with van der Waals surface area (Å²) in [6, 6.07) is 6.50. The molecule has 5 heteroatoms. The van der Waals surface area contributed by atoms with Crippen LogP contribution in [0.4, 0.5) is 5.69 Å². The number of anilines is 1. The number of rotatable bonds is 2. The van der Waals surface area contributed by atoms with Crippen LogP contribution in [0.5, 0.6) is 0 Å². The Labute approximate surface area is 112 Å². The molecule has 1 aliphatic heterocycles. The van der Waals surface area contributed by atoms with Gasteiger partial charge in [0, 0.05) is 20.3 Å². The van der Waals surface area contributed by atoms with E-state index in [1.165, 1.54) is 0 Å². The molecule has 0 saturated carbocycles. The van der Waals surface area contributed by atoms with Crippen LogP contribution in [0, 0.1) is 11.3 Å². The third-order valence-corrected chi connectivity index (χ3v) is 3.63. The second-order valence-electron chi connectivity index (χ2n) is 5.09. The number of pyridine rings is 1. The van der Waals surface area contributed by atoms with Crippen LogP contribution in [-0.2, 0) is 0 Å². The molecule has 2 aromatic rings. The van der Waals surface area contributed by atoms with E-state index in [0.717, 1.165) is 36.4 Å². The normalized spacial score (nSPS) is 18.7. The summed E-state index contributed by atoms with van der Waals surface area (Å²) < 4.78 is 2.05. The minimum absolute atomic E-state index is 0.256. The van der Waals surface area contributed by atoms with Crippen LogP contribution < -0.4 is 10.2 Å². The van der Waals surface area contributed by atoms with Gasteiger partial charge in [-0.15, -0.1) is 0 Å². The Kier molecular flexibility index (Phi) is 2.88. The van der Waals surface area contributed by atoms with E-state index in [1.54, 1.807) is 0 Å². The highest BCUT2D eigenvalue weighted by Crippen LogP contribution is 2.29. The van der Waals surface area contributed by atoms with Gasteiger partial charge in [0.25, 0.3) is 0 Å². The summed E-state index contributed by atoms with van der Waals surface area (Å²) in [6.45, 7) is 1.02. The van der Waals surface area contributed by atoms with Crippen molar-refractivity contribution < 1.29 is 0 Å². The van der Waals surface area contributed by atoms with Gasteiger partial charge in [0.05, 0.1) is 11.7 Å². The molecule has 2 aromatic heterocycles. The maximum Gasteiger partial charge on any atom is 0.168 e. The van der Waals surface area contributed by atoms with Crippen LogP contribution in [0.25, 0.3) is 5.52 Å². The van der Waals surface area contributed by atoms with E-state index in [1.807, 2.05) is 37.3 Å². The molecule has 0 amide bonds. The Balaban J connectivity index is 2.26. The molecular formula is C14H17N5. The topological polar surface area (TPSA) is 56.4 Å². The molecule has 3 rings (SSSR count). The Morgan fingerprint density at radius 3 is 3.00 bits per heavy atom. The minimum atomic E-state index is 0.256. The lowest BCUT2D eigenvalue weighted by Crippen LogP contribution is -2.16. The van der Waals surface area contributed by atoms with Crippen LogP contribution in [-0.4, -0.2) is 30.0 Å². The van der Waals surface area contributed by atoms with Gasteiger partial charge in [0.15, 0.2) is 5.69 Å². The highest BCUT2D eigenvalue weighted by atomic mass is 15.1. The Hall–Kier alpha value is -2.06. The van der Waals surface area contributed by atoms with Crippen molar-refractivity contribution in [1.82, 2.24) is 14.7 Å². The highest BCUT2D eigenvalue weighted by molar-refractivity contribution is 5.78. The van der Waals surface area contributed by atoms with E-state index in [-0.39, 0.29) is 6.04 Å². The first-order valence-corrected chi connectivity index (χ1v) is 6.54. The van der Waals surface area contributed by atoms with Gasteiger partial charge in [-0.2, -0.15) is 5.26 Å². The molecule has 0 spiro atoms. The molecule has 1 aliphatic rings. The van der Waals surface area contributed by atoms with Crippen molar-refractivity contribution in [2.75, 3.05) is 25.5 Å². The van der Waals surface area contributed by atoms with Gasteiger partial charge >= 0.3 is 0 Å². The summed E-state index contributed by atoms with van der Waals surface area (Å²) in [4.78, 5) is 6.56. The number of hydrogen-bond acceptors (Lipinski definition) is 4. The largest absolute Gasteiger partial charge is 0.376 e. The van der Waals surface area contributed by atoms with Gasteiger partial charge < -0.3 is 10.2 Å². The van der Waals surface area contributed by atoms with Gasteiger partial charge in [0.2, 0.25) is 0 Å². The second-order valence-corrected chi connectivity index (χ2v) is 5.09. The zero-order chi connectivity index (χ0) is 13.4. The zero-order valence-electron chi connectivity index (χ0n) is 11.2. The quantitative estimate of drug-likeness (QED) is 0.887. The van der Waals surface area contributed by atoms with Crippen molar-refractivity contribution in [1.29, 1.82) is 5.26 Å². The molecule has 1 atom stereocenters. The lowest BCUT2D eigenvalue weighted by Gasteiger charge is -2.15. The fourth-order valence-corrected chi connectivity index (χ4v) is 2.73. The minimum Gasteiger partial charge on any atom is -0.376 e. The molecule has 3 heterocycles. The monoisotopic (exact) mass is 255 g/mol. The van der Waals surface area contributed by atoms with Crippen molar-refractivity contribution in [2.24, 2.45) is 0 Å². The molecule has 0 aromatic carbocycles. The fourth-order valence-electron chi connectivity index (χ4n) is 2.73. The standard InChI is InChI=1S/C14H17N5/c1-18(2)12-6-4-8-19-13(12)11(9-15)17-14(19)10-5-3-7-16-10/h4,6,8,10,16H,3,5,7H2,1-2H3. The first-order valence-electron chi connectivity index (χ1n) is 6.54. The summed E-state index contributed by atoms with van der Waals surface area (Å²) in [5.74, 6) is 0.952. The first kappa shape index (κ1) is 12.0. The third kappa shape index (κ3) is 1.85. The first-order chi connectivity index (χ1) is 9.22. The van der Waals surface area contributed by atoms with Crippen molar-refractivity contribution in [3.05, 3.63) is 29.8 Å². The maximum atomic E-state index is 9.33. The average molecular weight is 255 g/mol. The van der Waals surface area contributed by atoms with Crippen LogP contribution in [0.2, 0.25) is 0 Å². The summed E-state index contributed by atoms with van der Waals surface area (Å²) in [6.07, 6.45) is 4.23. The highest BCUT2D eigenvalue weighted by Gasteiger charge is 2.24. The predicted octanol–water partition coefficient (Wildman–Crippen LogP) is 1.70. The van der Waals surface area contributed by atoms with Gasteiger partial charge in [-0.25, -0.2) is 4.98 Å². The molecule has 98 valence electrons. The van der Waals surface area contributed by atoms with Gasteiger partial charge in [-0.3, -0.25) is 4.40 Å². The number of nitrogens with zero attached hydrogens (tertiary/aromatic N) is 4. The van der Waals surface area contributed by atoms with Crippen LogP contribution >= 0.6 is 0 Å². The van der Waals surface area contributed by atoms with E-state index in [9.17, 15) is 5.26 Å². The van der Waals surface area contributed by atoms with E-state index in [4.69, 9.17) is 0 Å². The summed E-state index contributed by atoms with van der Waals surface area (Å²) in [5.41, 5.74) is 2.43. The van der Waals surface area contributed by atoms with Gasteiger partial charge in [-0.05, 0) is 31.5 Å². The molecule has 1 unspecified atom stereocenters. The van der Waals surface area contributed by atoms with Gasteiger partial charge in [0.1, 0.15) is 17.4 Å². The SMILES string of the molecule is CN(C)c1cccn2c(C3CCCN3)nc(C#N)c12. The van der Waals surface area contributed by atoms with Crippen LogP contribution in [0.15, 0.2) is 18.3 Å². The lowest BCUT2D eigenvalue weighted by molar-refractivity contribution is 0.602. The summed E-state index contributed by atoms with van der Waals surface area (Å²) >= 11 is 0. The Morgan fingerprint density at radius 2 is 2.37 bits per heavy atom. The predicted molar refractivity (Wildman–Crippen MR) is 74.2 cm³/mol. The zero-order valence-corrected chi connectivity index (χ0v) is 11.2. The van der Waals surface area contributed by atoms with E-state index in [0.29, 0.717) is 5.69 Å². The van der Waals surface area contributed by atoms with E-state index < -0.39 is 0 Å². The number of aromatic nitrogens is 2. The lowest BCUT2D eigenvalue weighted by atomic mass is 10.2. The molecule has 0 bridgehead atoms. The Bertz CT molecular complexity index is 644. The summed E-state index contributed by atoms with van der Waals surface area (Å²) in [7, 11) is 3.97. The smallest absolute Gasteiger partial charge is 0.168 e. The van der Waals surface area contributed by atoms with Crippen LogP contribution in [0.3, 0.4) is 0 Å². The molecule has 0 radical (unpaired) electrons. The van der Waals surface area contributed by atoms with E-state index in [2.05, 4.69) is 20.8 Å². The molecule has 1 N–H and O–H groups in total. The summed E-state index contributed by atoms with van der Waals surface area (Å²) in [5, 5.41) is 12.8. The molecule has 1 saturated heterocycles. The average Bonchev–Trinajstić information content (AvgIpc) is 3.04. The van der Waals surface area contributed by atoms with E-state index >= 15 is 0 Å².